The lowest BCUT2D eigenvalue weighted by molar-refractivity contribution is -0.143. The number of hydrogen-bond acceptors (Lipinski definition) is 4. The monoisotopic (exact) mass is 286 g/mol. The molecule has 1 aromatic carbocycles. The molecule has 0 radical (unpaired) electrons. The van der Waals surface area contributed by atoms with Gasteiger partial charge >= 0.3 is 12.1 Å². The third kappa shape index (κ3) is 3.48. The second-order valence-corrected chi connectivity index (χ2v) is 3.91. The van der Waals surface area contributed by atoms with Crippen LogP contribution in [-0.2, 0) is 28.7 Å². The molecule has 4 nitrogen and oxygen atoms in total. The maximum Gasteiger partial charge on any atom is 0.416 e. The molecule has 0 unspecified atom stereocenters. The Hall–Kier alpha value is -2.07. The van der Waals surface area contributed by atoms with Crippen molar-refractivity contribution in [2.75, 3.05) is 6.61 Å². The maximum absolute atomic E-state index is 13.0. The van der Waals surface area contributed by atoms with E-state index in [2.05, 4.69) is 4.74 Å². The summed E-state index contributed by atoms with van der Waals surface area (Å²) in [4.78, 5) is 11.4. The van der Waals surface area contributed by atoms with Gasteiger partial charge in [0.25, 0.3) is 0 Å². The molecule has 0 heterocycles. The number of nitrogens with zero attached hydrogens (tertiary/aromatic N) is 1. The topological polar surface area (TPSA) is 76.1 Å². The van der Waals surface area contributed by atoms with Crippen LogP contribution in [0.15, 0.2) is 12.1 Å². The summed E-state index contributed by atoms with van der Waals surface area (Å²) in [6.07, 6.45) is -5.19. The van der Waals surface area contributed by atoms with Crippen LogP contribution in [0, 0.1) is 11.3 Å². The van der Waals surface area contributed by atoms with Gasteiger partial charge in [-0.3, -0.25) is 4.79 Å². The van der Waals surface area contributed by atoms with Gasteiger partial charge in [-0.25, -0.2) is 0 Å². The Balaban J connectivity index is 3.41. The van der Waals surface area contributed by atoms with Crippen molar-refractivity contribution in [3.63, 3.8) is 0 Å². The summed E-state index contributed by atoms with van der Waals surface area (Å²) in [6, 6.07) is 3.61. The number of rotatable bonds is 4. The van der Waals surface area contributed by atoms with Crippen LogP contribution >= 0.6 is 0 Å². The summed E-state index contributed by atoms with van der Waals surface area (Å²) in [6.45, 7) is 1.36. The minimum Gasteiger partial charge on any atom is -0.466 e. The van der Waals surface area contributed by atoms with Gasteiger partial charge in [-0.15, -0.1) is 0 Å². The number of halogens is 3. The molecule has 0 aliphatic carbocycles. The van der Waals surface area contributed by atoms with Crippen molar-refractivity contribution in [3.05, 3.63) is 34.4 Å². The molecule has 1 rings (SSSR count). The van der Waals surface area contributed by atoms with E-state index in [1.807, 2.05) is 0 Å². The molecular formula is C13H13F3N2O2. The number of alkyl halides is 3. The average Bonchev–Trinajstić information content (AvgIpc) is 2.36. The Labute approximate surface area is 113 Å². The number of carbonyl (C=O) groups excluding carboxylic acids is 1. The van der Waals surface area contributed by atoms with E-state index in [1.165, 1.54) is 0 Å². The number of nitriles is 1. The number of hydrogen-bond donors (Lipinski definition) is 1. The lowest BCUT2D eigenvalue weighted by atomic mass is 9.93. The molecule has 1 aromatic rings. The smallest absolute Gasteiger partial charge is 0.416 e. The van der Waals surface area contributed by atoms with E-state index in [0.29, 0.717) is 0 Å². The number of benzene rings is 1. The minimum absolute atomic E-state index is 0.0235. The zero-order valence-electron chi connectivity index (χ0n) is 10.8. The van der Waals surface area contributed by atoms with Crippen molar-refractivity contribution in [3.8, 4) is 6.07 Å². The van der Waals surface area contributed by atoms with Crippen LogP contribution in [0.3, 0.4) is 0 Å². The SMILES string of the molecule is CCOC(=O)Cc1c(C(F)(F)F)ccc(C#N)c1CN. The molecule has 0 saturated heterocycles. The summed E-state index contributed by atoms with van der Waals surface area (Å²) < 4.78 is 43.5. The highest BCUT2D eigenvalue weighted by Crippen LogP contribution is 2.34. The van der Waals surface area contributed by atoms with Crippen LogP contribution in [-0.4, -0.2) is 12.6 Å². The average molecular weight is 286 g/mol. The van der Waals surface area contributed by atoms with Gasteiger partial charge in [0.15, 0.2) is 0 Å². The zero-order valence-corrected chi connectivity index (χ0v) is 10.8. The quantitative estimate of drug-likeness (QED) is 0.860. The van der Waals surface area contributed by atoms with E-state index in [4.69, 9.17) is 11.0 Å². The van der Waals surface area contributed by atoms with E-state index >= 15 is 0 Å². The molecule has 108 valence electrons. The van der Waals surface area contributed by atoms with E-state index in [-0.39, 0.29) is 29.8 Å². The molecule has 0 amide bonds. The first-order chi connectivity index (χ1) is 9.35. The van der Waals surface area contributed by atoms with Crippen LogP contribution in [0.5, 0.6) is 0 Å². The Morgan fingerprint density at radius 2 is 2.05 bits per heavy atom. The van der Waals surface area contributed by atoms with Crippen LogP contribution in [0.25, 0.3) is 0 Å². The summed E-state index contributed by atoms with van der Waals surface area (Å²) >= 11 is 0. The highest BCUT2D eigenvalue weighted by molar-refractivity contribution is 5.74. The van der Waals surface area contributed by atoms with E-state index in [1.54, 1.807) is 13.0 Å². The van der Waals surface area contributed by atoms with Crippen molar-refractivity contribution in [1.82, 2.24) is 0 Å². The largest absolute Gasteiger partial charge is 0.466 e. The molecule has 0 fully saturated rings. The second-order valence-electron chi connectivity index (χ2n) is 3.91. The highest BCUT2D eigenvalue weighted by atomic mass is 19.4. The molecule has 0 bridgehead atoms. The van der Waals surface area contributed by atoms with Gasteiger partial charge in [0.1, 0.15) is 0 Å². The minimum atomic E-state index is -4.63. The van der Waals surface area contributed by atoms with E-state index in [0.717, 1.165) is 12.1 Å². The molecular weight excluding hydrogens is 273 g/mol. The number of carbonyl (C=O) groups is 1. The predicted octanol–water partition coefficient (Wildman–Crippen LogP) is 2.14. The fourth-order valence-electron chi connectivity index (χ4n) is 1.85. The third-order valence-corrected chi connectivity index (χ3v) is 2.69. The predicted molar refractivity (Wildman–Crippen MR) is 64.4 cm³/mol. The maximum atomic E-state index is 13.0. The first-order valence-corrected chi connectivity index (χ1v) is 5.82. The summed E-state index contributed by atoms with van der Waals surface area (Å²) in [5.41, 5.74) is 4.21. The number of ether oxygens (including phenoxy) is 1. The number of esters is 1. The molecule has 2 N–H and O–H groups in total. The van der Waals surface area contributed by atoms with Gasteiger partial charge in [-0.2, -0.15) is 18.4 Å². The van der Waals surface area contributed by atoms with Crippen molar-refractivity contribution in [2.24, 2.45) is 5.73 Å². The van der Waals surface area contributed by atoms with E-state index < -0.39 is 24.1 Å². The van der Waals surface area contributed by atoms with Crippen molar-refractivity contribution >= 4 is 5.97 Å². The molecule has 7 heteroatoms. The molecule has 0 saturated carbocycles. The Kier molecular flexibility index (Phi) is 5.11. The van der Waals surface area contributed by atoms with Crippen LogP contribution < -0.4 is 5.73 Å². The normalized spacial score (nSPS) is 11.0. The van der Waals surface area contributed by atoms with Gasteiger partial charge in [-0.05, 0) is 30.2 Å². The van der Waals surface area contributed by atoms with Crippen molar-refractivity contribution in [1.29, 1.82) is 5.26 Å². The third-order valence-electron chi connectivity index (χ3n) is 2.69. The first-order valence-electron chi connectivity index (χ1n) is 5.82. The van der Waals surface area contributed by atoms with Gasteiger partial charge < -0.3 is 10.5 Å². The molecule has 0 spiro atoms. The summed E-state index contributed by atoms with van der Waals surface area (Å²) in [5.74, 6) is -0.789. The Bertz CT molecular complexity index is 548. The number of nitrogens with two attached hydrogens (primary N) is 1. The molecule has 20 heavy (non-hydrogen) atoms. The fraction of sp³-hybridized carbons (Fsp3) is 0.385. The van der Waals surface area contributed by atoms with Crippen LogP contribution in [0.4, 0.5) is 13.2 Å². The van der Waals surface area contributed by atoms with Crippen LogP contribution in [0.1, 0.15) is 29.2 Å². The molecule has 0 aliphatic heterocycles. The Morgan fingerprint density at radius 1 is 1.40 bits per heavy atom. The highest BCUT2D eigenvalue weighted by Gasteiger charge is 2.35. The molecule has 0 atom stereocenters. The standard InChI is InChI=1S/C13H13F3N2O2/c1-2-20-12(19)5-9-10(7-18)8(6-17)3-4-11(9)13(14,15)16/h3-4H,2,5,7,18H2,1H3. The van der Waals surface area contributed by atoms with Gasteiger partial charge in [0.2, 0.25) is 0 Å². The van der Waals surface area contributed by atoms with E-state index in [9.17, 15) is 18.0 Å². The summed E-state index contributed by atoms with van der Waals surface area (Å²) in [7, 11) is 0. The molecule has 0 aliphatic rings. The zero-order chi connectivity index (χ0) is 15.3. The van der Waals surface area contributed by atoms with Gasteiger partial charge in [-0.1, -0.05) is 0 Å². The Morgan fingerprint density at radius 3 is 2.50 bits per heavy atom. The lowest BCUT2D eigenvalue weighted by Gasteiger charge is -2.17. The van der Waals surface area contributed by atoms with Crippen molar-refractivity contribution in [2.45, 2.75) is 26.1 Å². The van der Waals surface area contributed by atoms with Gasteiger partial charge in [0, 0.05) is 6.54 Å². The van der Waals surface area contributed by atoms with Gasteiger partial charge in [0.05, 0.1) is 30.2 Å². The van der Waals surface area contributed by atoms with Crippen molar-refractivity contribution < 1.29 is 22.7 Å². The van der Waals surface area contributed by atoms with Crippen LogP contribution in [0.2, 0.25) is 0 Å². The summed E-state index contributed by atoms with van der Waals surface area (Å²) in [5, 5.41) is 8.90. The lowest BCUT2D eigenvalue weighted by Crippen LogP contribution is -2.18. The first kappa shape index (κ1) is 16.0. The molecule has 0 aromatic heterocycles. The second kappa shape index (κ2) is 6.39. The fourth-order valence-corrected chi connectivity index (χ4v) is 1.85.